The van der Waals surface area contributed by atoms with E-state index in [1.165, 1.54) is 3.97 Å². The Labute approximate surface area is 308 Å². The molecule has 0 aliphatic heterocycles. The topological polar surface area (TPSA) is 77.1 Å². The molecule has 8 aromatic rings. The van der Waals surface area contributed by atoms with Crippen LogP contribution in [0, 0.1) is 6.92 Å². The quantitative estimate of drug-likeness (QED) is 0.135. The number of benzene rings is 6. The van der Waals surface area contributed by atoms with Gasteiger partial charge in [0.15, 0.2) is 0 Å². The largest absolute Gasteiger partial charge is 0.396 e. The van der Waals surface area contributed by atoms with Crippen LogP contribution in [-0.2, 0) is 15.6 Å². The number of hydrogen-bond acceptors (Lipinski definition) is 5. The number of hydrogen-bond donors (Lipinski definition) is 1. The lowest BCUT2D eigenvalue weighted by Gasteiger charge is -2.37. The molecule has 8 rings (SSSR count). The molecule has 6 nitrogen and oxygen atoms in total. The van der Waals surface area contributed by atoms with Gasteiger partial charge in [0.05, 0.1) is 39.8 Å². The molecule has 0 radical (unpaired) electrons. The highest BCUT2D eigenvalue weighted by Crippen LogP contribution is 2.44. The van der Waals surface area contributed by atoms with Gasteiger partial charge in [0, 0.05) is 22.7 Å². The number of para-hydroxylation sites is 1. The maximum absolute atomic E-state index is 14.4. The van der Waals surface area contributed by atoms with E-state index >= 15 is 0 Å². The molecule has 258 valence electrons. The van der Waals surface area contributed by atoms with Crippen molar-refractivity contribution < 1.29 is 13.5 Å². The molecule has 1 N–H and O–H groups in total. The molecule has 1 atom stereocenters. The van der Waals surface area contributed by atoms with Gasteiger partial charge in [-0.15, -0.1) is 11.8 Å². The Morgan fingerprint density at radius 1 is 0.692 bits per heavy atom. The first-order chi connectivity index (χ1) is 25.4. The van der Waals surface area contributed by atoms with Crippen molar-refractivity contribution in [3.05, 3.63) is 204 Å². The Hall–Kier alpha value is -5.41. The van der Waals surface area contributed by atoms with Crippen LogP contribution in [0.15, 0.2) is 175 Å². The number of aliphatic hydroxyl groups is 1. The van der Waals surface area contributed by atoms with Crippen LogP contribution >= 0.6 is 11.8 Å². The fourth-order valence-electron chi connectivity index (χ4n) is 7.36. The van der Waals surface area contributed by atoms with Crippen LogP contribution in [0.2, 0.25) is 0 Å². The third-order valence-corrected chi connectivity index (χ3v) is 12.7. The van der Waals surface area contributed by atoms with Gasteiger partial charge in [-0.05, 0) is 53.4 Å². The molecule has 1 unspecified atom stereocenters. The van der Waals surface area contributed by atoms with Gasteiger partial charge in [0.1, 0.15) is 5.54 Å². The first-order valence-corrected chi connectivity index (χ1v) is 19.7. The Kier molecular flexibility index (Phi) is 9.05. The Morgan fingerprint density at radius 3 is 1.85 bits per heavy atom. The molecule has 0 spiro atoms. The number of aromatic nitrogens is 3. The van der Waals surface area contributed by atoms with E-state index in [-0.39, 0.29) is 16.8 Å². The second-order valence-electron chi connectivity index (χ2n) is 12.9. The zero-order valence-corrected chi connectivity index (χ0v) is 30.2. The normalized spacial score (nSPS) is 12.7. The standard InChI is InChI=1S/C44H37N3O3S2/c1-32-21-24-37(25-22-32)52(49,50)47-41-20-12-11-19-38(41)39-26-23-33(29-42(39)47)43(51-28-27-48)40-30-46(31-45-40)44(34-13-5-2-6-14-34,35-15-7-3-8-16-35)36-17-9-4-10-18-36/h2-26,29-31,43,48H,27-28H2,1H3. The summed E-state index contributed by atoms with van der Waals surface area (Å²) in [7, 11) is -3.95. The van der Waals surface area contributed by atoms with Gasteiger partial charge >= 0.3 is 0 Å². The van der Waals surface area contributed by atoms with Gasteiger partial charge in [-0.25, -0.2) is 17.4 Å². The minimum Gasteiger partial charge on any atom is -0.396 e. The average molecular weight is 720 g/mol. The minimum absolute atomic E-state index is 0.00578. The summed E-state index contributed by atoms with van der Waals surface area (Å²) in [5.41, 5.74) is 6.42. The van der Waals surface area contributed by atoms with E-state index < -0.39 is 15.6 Å². The van der Waals surface area contributed by atoms with E-state index in [0.717, 1.165) is 44.3 Å². The van der Waals surface area contributed by atoms with Gasteiger partial charge in [-0.3, -0.25) is 0 Å². The highest BCUT2D eigenvalue weighted by atomic mass is 32.2. The molecule has 0 saturated carbocycles. The molecule has 0 aliphatic rings. The van der Waals surface area contributed by atoms with Crippen molar-refractivity contribution in [3.8, 4) is 0 Å². The van der Waals surface area contributed by atoms with Crippen molar-refractivity contribution in [1.29, 1.82) is 0 Å². The summed E-state index contributed by atoms with van der Waals surface area (Å²) >= 11 is 1.58. The molecule has 0 fully saturated rings. The zero-order chi connectivity index (χ0) is 35.7. The van der Waals surface area contributed by atoms with Crippen LogP contribution in [0.3, 0.4) is 0 Å². The van der Waals surface area contributed by atoms with Gasteiger partial charge < -0.3 is 9.67 Å². The van der Waals surface area contributed by atoms with Crippen molar-refractivity contribution in [3.63, 3.8) is 0 Å². The van der Waals surface area contributed by atoms with Crippen molar-refractivity contribution in [2.45, 2.75) is 22.6 Å². The van der Waals surface area contributed by atoms with Crippen LogP contribution in [0.1, 0.15) is 38.8 Å². The summed E-state index contributed by atoms with van der Waals surface area (Å²) in [5, 5.41) is 11.4. The third kappa shape index (κ3) is 5.73. The lowest BCUT2D eigenvalue weighted by Crippen LogP contribution is -2.36. The minimum atomic E-state index is -3.95. The molecular formula is C44H37N3O3S2. The number of imidazole rings is 1. The maximum atomic E-state index is 14.4. The van der Waals surface area contributed by atoms with E-state index in [1.54, 1.807) is 23.9 Å². The summed E-state index contributed by atoms with van der Waals surface area (Å²) in [4.78, 5) is 5.31. The van der Waals surface area contributed by atoms with E-state index in [2.05, 4.69) is 89.6 Å². The molecule has 0 amide bonds. The Morgan fingerprint density at radius 2 is 1.25 bits per heavy atom. The van der Waals surface area contributed by atoms with Crippen LogP contribution < -0.4 is 0 Å². The molecule has 0 bridgehead atoms. The first-order valence-electron chi connectivity index (χ1n) is 17.2. The number of thioether (sulfide) groups is 1. The molecule has 2 heterocycles. The molecule has 8 heteroatoms. The lowest BCUT2D eigenvalue weighted by molar-refractivity contribution is 0.322. The summed E-state index contributed by atoms with van der Waals surface area (Å²) in [6.45, 7) is 1.94. The van der Waals surface area contributed by atoms with E-state index in [4.69, 9.17) is 4.98 Å². The molecule has 6 aromatic carbocycles. The number of rotatable bonds is 11. The fraction of sp³-hybridized carbons (Fsp3) is 0.114. The monoisotopic (exact) mass is 719 g/mol. The van der Waals surface area contributed by atoms with Crippen LogP contribution in [0.5, 0.6) is 0 Å². The highest BCUT2D eigenvalue weighted by molar-refractivity contribution is 7.99. The third-order valence-electron chi connectivity index (χ3n) is 9.72. The second-order valence-corrected chi connectivity index (χ2v) is 15.9. The number of aryl methyl sites for hydroxylation is 1. The zero-order valence-electron chi connectivity index (χ0n) is 28.6. The predicted molar refractivity (Wildman–Crippen MR) is 211 cm³/mol. The van der Waals surface area contributed by atoms with E-state index in [9.17, 15) is 13.5 Å². The summed E-state index contributed by atoms with van der Waals surface area (Å²) in [6, 6.07) is 52.0. The van der Waals surface area contributed by atoms with Gasteiger partial charge in [0.25, 0.3) is 10.0 Å². The van der Waals surface area contributed by atoms with Gasteiger partial charge in [0.2, 0.25) is 0 Å². The number of fused-ring (bicyclic) bond motifs is 3. The van der Waals surface area contributed by atoms with Crippen molar-refractivity contribution in [2.75, 3.05) is 12.4 Å². The van der Waals surface area contributed by atoms with Gasteiger partial charge in [-0.2, -0.15) is 0 Å². The number of nitrogens with zero attached hydrogens (tertiary/aromatic N) is 3. The summed E-state index contributed by atoms with van der Waals surface area (Å²) < 4.78 is 32.4. The Bertz CT molecular complexity index is 2490. The molecule has 0 aliphatic carbocycles. The van der Waals surface area contributed by atoms with E-state index in [0.29, 0.717) is 16.8 Å². The van der Waals surface area contributed by atoms with Gasteiger partial charge in [-0.1, -0.05) is 139 Å². The SMILES string of the molecule is Cc1ccc(S(=O)(=O)n2c3ccccc3c3ccc(C(SCCO)c4cn(C(c5ccccc5)(c5ccccc5)c5ccccc5)cn4)cc32)cc1. The van der Waals surface area contributed by atoms with Crippen LogP contribution in [0.25, 0.3) is 21.8 Å². The highest BCUT2D eigenvalue weighted by Gasteiger charge is 2.39. The van der Waals surface area contributed by atoms with Crippen molar-refractivity contribution >= 4 is 43.6 Å². The van der Waals surface area contributed by atoms with Crippen molar-refractivity contribution in [2.24, 2.45) is 0 Å². The maximum Gasteiger partial charge on any atom is 0.268 e. The predicted octanol–water partition coefficient (Wildman–Crippen LogP) is 9.19. The average Bonchev–Trinajstić information content (AvgIpc) is 3.80. The van der Waals surface area contributed by atoms with E-state index in [1.807, 2.05) is 80.0 Å². The first kappa shape index (κ1) is 33.7. The lowest BCUT2D eigenvalue weighted by atomic mass is 9.77. The molecular weight excluding hydrogens is 683 g/mol. The summed E-state index contributed by atoms with van der Waals surface area (Å²) in [6.07, 6.45) is 4.00. The van der Waals surface area contributed by atoms with Crippen LogP contribution in [-0.4, -0.2) is 39.4 Å². The molecule has 2 aromatic heterocycles. The van der Waals surface area contributed by atoms with Crippen molar-refractivity contribution in [1.82, 2.24) is 13.5 Å². The summed E-state index contributed by atoms with van der Waals surface area (Å²) in [5.74, 6) is 0.474. The smallest absolute Gasteiger partial charge is 0.268 e. The molecule has 52 heavy (non-hydrogen) atoms. The number of aliphatic hydroxyl groups excluding tert-OH is 1. The fourth-order valence-corrected chi connectivity index (χ4v) is 9.85. The molecule has 0 saturated heterocycles. The second kappa shape index (κ2) is 14.0. The Balaban J connectivity index is 1.33. The van der Waals surface area contributed by atoms with Crippen LogP contribution in [0.4, 0.5) is 0 Å².